The number of hydrogen-bond donors (Lipinski definition) is 1. The molecule has 0 spiro atoms. The second kappa shape index (κ2) is 6.68. The number of nitrogens with zero attached hydrogens (tertiary/aromatic N) is 4. The molecular weight excluding hydrogens is 338 g/mol. The Morgan fingerprint density at radius 1 is 1.04 bits per heavy atom. The second-order valence-corrected chi connectivity index (χ2v) is 7.37. The number of aromatic amines is 1. The Morgan fingerprint density at radius 3 is 2.63 bits per heavy atom. The molecule has 1 N–H and O–H groups in total. The molecule has 1 saturated heterocycles. The van der Waals surface area contributed by atoms with E-state index in [1.165, 1.54) is 10.9 Å². The lowest BCUT2D eigenvalue weighted by Crippen LogP contribution is -2.50. The average molecular weight is 361 g/mol. The number of aryl methyl sites for hydroxylation is 1. The molecule has 6 heteroatoms. The first-order chi connectivity index (χ1) is 13.3. The smallest absolute Gasteiger partial charge is 0.231 e. The third kappa shape index (κ3) is 2.85. The minimum absolute atomic E-state index is 0.0410. The molecule has 0 saturated carbocycles. The van der Waals surface area contributed by atoms with E-state index < -0.39 is 0 Å². The van der Waals surface area contributed by atoms with Gasteiger partial charge in [-0.3, -0.25) is 4.79 Å². The largest absolute Gasteiger partial charge is 0.357 e. The summed E-state index contributed by atoms with van der Waals surface area (Å²) in [7, 11) is 0. The van der Waals surface area contributed by atoms with E-state index in [0.29, 0.717) is 0 Å². The maximum Gasteiger partial charge on any atom is 0.231 e. The van der Waals surface area contributed by atoms with Gasteiger partial charge in [0.2, 0.25) is 11.9 Å². The number of aromatic nitrogens is 3. The lowest BCUT2D eigenvalue weighted by atomic mass is 9.85. The standard InChI is InChI=1S/C21H23N5O/c27-20(25-11-13-26(14-12-25)21-22-9-4-10-23-21)17-7-3-6-16-15-5-1-2-8-18(15)24-19(16)17/h1-2,4-5,8-10,17,24H,3,6-7,11-14H2/t17-/m1/s1. The third-order valence-electron chi connectivity index (χ3n) is 5.84. The van der Waals surface area contributed by atoms with E-state index >= 15 is 0 Å². The third-order valence-corrected chi connectivity index (χ3v) is 5.84. The molecule has 2 aliphatic rings. The van der Waals surface area contributed by atoms with Gasteiger partial charge in [-0.1, -0.05) is 18.2 Å². The summed E-state index contributed by atoms with van der Waals surface area (Å²) in [5, 5.41) is 1.27. The number of rotatable bonds is 2. The molecule has 1 aliphatic carbocycles. The van der Waals surface area contributed by atoms with Crippen molar-refractivity contribution in [1.82, 2.24) is 19.9 Å². The maximum atomic E-state index is 13.3. The molecule has 6 nitrogen and oxygen atoms in total. The average Bonchev–Trinajstić information content (AvgIpc) is 3.13. The van der Waals surface area contributed by atoms with Crippen LogP contribution in [0.5, 0.6) is 0 Å². The van der Waals surface area contributed by atoms with Gasteiger partial charge < -0.3 is 14.8 Å². The molecule has 3 heterocycles. The van der Waals surface area contributed by atoms with Crippen molar-refractivity contribution in [3.63, 3.8) is 0 Å². The van der Waals surface area contributed by atoms with Gasteiger partial charge in [0.1, 0.15) is 0 Å². The van der Waals surface area contributed by atoms with Crippen LogP contribution in [-0.4, -0.2) is 51.9 Å². The lowest BCUT2D eigenvalue weighted by molar-refractivity contribution is -0.133. The number of hydrogen-bond acceptors (Lipinski definition) is 4. The summed E-state index contributed by atoms with van der Waals surface area (Å²) in [6.07, 6.45) is 6.59. The Labute approximate surface area is 158 Å². The molecule has 138 valence electrons. The zero-order chi connectivity index (χ0) is 18.2. The molecule has 3 aromatic rings. The molecule has 2 aromatic heterocycles. The summed E-state index contributed by atoms with van der Waals surface area (Å²) in [5.41, 5.74) is 3.63. The highest BCUT2D eigenvalue weighted by Gasteiger charge is 2.33. The van der Waals surface area contributed by atoms with Gasteiger partial charge in [-0.15, -0.1) is 0 Å². The number of nitrogens with one attached hydrogen (secondary N) is 1. The van der Waals surface area contributed by atoms with E-state index in [1.54, 1.807) is 12.4 Å². The van der Waals surface area contributed by atoms with E-state index in [4.69, 9.17) is 0 Å². The molecular formula is C21H23N5O. The summed E-state index contributed by atoms with van der Waals surface area (Å²) >= 11 is 0. The van der Waals surface area contributed by atoms with Gasteiger partial charge in [-0.2, -0.15) is 0 Å². The van der Waals surface area contributed by atoms with Gasteiger partial charge in [0, 0.05) is 55.2 Å². The highest BCUT2D eigenvalue weighted by Crippen LogP contribution is 2.37. The van der Waals surface area contributed by atoms with Crippen molar-refractivity contribution >= 4 is 22.8 Å². The van der Waals surface area contributed by atoms with Crippen LogP contribution in [-0.2, 0) is 11.2 Å². The number of H-pyrrole nitrogens is 1. The fraction of sp³-hybridized carbons (Fsp3) is 0.381. The number of piperazine rings is 1. The van der Waals surface area contributed by atoms with Crippen molar-refractivity contribution in [3.05, 3.63) is 54.0 Å². The first kappa shape index (κ1) is 16.3. The molecule has 0 bridgehead atoms. The van der Waals surface area contributed by atoms with Gasteiger partial charge >= 0.3 is 0 Å². The van der Waals surface area contributed by atoms with Crippen molar-refractivity contribution in [2.24, 2.45) is 0 Å². The van der Waals surface area contributed by atoms with Crippen LogP contribution in [0.1, 0.15) is 30.0 Å². The van der Waals surface area contributed by atoms with Crippen LogP contribution < -0.4 is 4.90 Å². The minimum Gasteiger partial charge on any atom is -0.357 e. The first-order valence-electron chi connectivity index (χ1n) is 9.71. The summed E-state index contributed by atoms with van der Waals surface area (Å²) in [6, 6.07) is 10.2. The van der Waals surface area contributed by atoms with E-state index in [2.05, 4.69) is 38.1 Å². The summed E-state index contributed by atoms with van der Waals surface area (Å²) in [5.74, 6) is 0.969. The highest BCUT2D eigenvalue weighted by molar-refractivity contribution is 5.90. The lowest BCUT2D eigenvalue weighted by Gasteiger charge is -2.37. The first-order valence-corrected chi connectivity index (χ1v) is 9.71. The zero-order valence-electron chi connectivity index (χ0n) is 15.3. The maximum absolute atomic E-state index is 13.3. The number of fused-ring (bicyclic) bond motifs is 3. The van der Waals surface area contributed by atoms with Gasteiger partial charge in [0.15, 0.2) is 0 Å². The Kier molecular flexibility index (Phi) is 4.03. The normalized spacial score (nSPS) is 19.9. The fourth-order valence-corrected chi connectivity index (χ4v) is 4.46. The number of para-hydroxylation sites is 1. The molecule has 1 fully saturated rings. The summed E-state index contributed by atoms with van der Waals surface area (Å²) in [6.45, 7) is 3.01. The van der Waals surface area contributed by atoms with Crippen molar-refractivity contribution in [1.29, 1.82) is 0 Å². The van der Waals surface area contributed by atoms with Crippen molar-refractivity contribution in [2.75, 3.05) is 31.1 Å². The number of anilines is 1. The summed E-state index contributed by atoms with van der Waals surface area (Å²) < 4.78 is 0. The highest BCUT2D eigenvalue weighted by atomic mass is 16.2. The minimum atomic E-state index is -0.0410. The van der Waals surface area contributed by atoms with E-state index in [-0.39, 0.29) is 11.8 Å². The quantitative estimate of drug-likeness (QED) is 0.762. The van der Waals surface area contributed by atoms with Gasteiger partial charge in [-0.25, -0.2) is 9.97 Å². The van der Waals surface area contributed by atoms with Gasteiger partial charge in [-0.05, 0) is 37.0 Å². The Bertz CT molecular complexity index is 959. The number of carbonyl (C=O) groups is 1. The van der Waals surface area contributed by atoms with Crippen LogP contribution in [0.4, 0.5) is 5.95 Å². The van der Waals surface area contributed by atoms with Crippen LogP contribution in [0.3, 0.4) is 0 Å². The van der Waals surface area contributed by atoms with Crippen LogP contribution in [0.2, 0.25) is 0 Å². The van der Waals surface area contributed by atoms with Crippen LogP contribution >= 0.6 is 0 Å². The van der Waals surface area contributed by atoms with E-state index in [0.717, 1.165) is 62.6 Å². The van der Waals surface area contributed by atoms with Gasteiger partial charge in [0.05, 0.1) is 5.92 Å². The van der Waals surface area contributed by atoms with E-state index in [9.17, 15) is 4.79 Å². The second-order valence-electron chi connectivity index (χ2n) is 7.37. The monoisotopic (exact) mass is 361 g/mol. The van der Waals surface area contributed by atoms with Crippen molar-refractivity contribution in [2.45, 2.75) is 25.2 Å². The van der Waals surface area contributed by atoms with Gasteiger partial charge in [0.25, 0.3) is 0 Å². The van der Waals surface area contributed by atoms with Crippen LogP contribution in [0.15, 0.2) is 42.7 Å². The molecule has 1 aliphatic heterocycles. The predicted molar refractivity (Wildman–Crippen MR) is 105 cm³/mol. The number of amides is 1. The topological polar surface area (TPSA) is 65.1 Å². The molecule has 0 radical (unpaired) electrons. The summed E-state index contributed by atoms with van der Waals surface area (Å²) in [4.78, 5) is 29.7. The number of benzene rings is 1. The molecule has 27 heavy (non-hydrogen) atoms. The molecule has 1 amide bonds. The zero-order valence-corrected chi connectivity index (χ0v) is 15.3. The SMILES string of the molecule is O=C([C@@H]1CCCc2c1[nH]c1ccccc21)N1CCN(c2ncccn2)CC1. The molecule has 1 atom stereocenters. The predicted octanol–water partition coefficient (Wildman–Crippen LogP) is 2.73. The van der Waals surface area contributed by atoms with Crippen molar-refractivity contribution in [3.8, 4) is 0 Å². The molecule has 5 rings (SSSR count). The Balaban J connectivity index is 1.34. The molecule has 0 unspecified atom stereocenters. The fourth-order valence-electron chi connectivity index (χ4n) is 4.46. The van der Waals surface area contributed by atoms with Crippen LogP contribution in [0, 0.1) is 0 Å². The number of carbonyl (C=O) groups excluding carboxylic acids is 1. The Morgan fingerprint density at radius 2 is 1.81 bits per heavy atom. The van der Waals surface area contributed by atoms with Crippen LogP contribution in [0.25, 0.3) is 10.9 Å². The van der Waals surface area contributed by atoms with E-state index in [1.807, 2.05) is 17.0 Å². The molecule has 1 aromatic carbocycles. The van der Waals surface area contributed by atoms with Crippen molar-refractivity contribution < 1.29 is 4.79 Å². The Hall–Kier alpha value is -2.89.